The van der Waals surface area contributed by atoms with Gasteiger partial charge in [0, 0.05) is 17.2 Å². The van der Waals surface area contributed by atoms with Crippen LogP contribution in [0.15, 0.2) is 64.8 Å². The Balaban J connectivity index is 1.65. The fraction of sp³-hybridized carbons (Fsp3) is 0.231. The highest BCUT2D eigenvalue weighted by Crippen LogP contribution is 2.31. The molecule has 0 aliphatic heterocycles. The summed E-state index contributed by atoms with van der Waals surface area (Å²) in [6.45, 7) is 1.67. The van der Waals surface area contributed by atoms with Gasteiger partial charge in [-0.3, -0.25) is 9.59 Å². The lowest BCUT2D eigenvalue weighted by Gasteiger charge is -2.12. The molecule has 12 heteroatoms. The molecule has 1 amide bonds. The van der Waals surface area contributed by atoms with E-state index in [4.69, 9.17) is 4.74 Å². The molecule has 1 N–H and O–H groups in total. The van der Waals surface area contributed by atoms with Crippen LogP contribution in [0.4, 0.5) is 18.2 Å². The van der Waals surface area contributed by atoms with Crippen molar-refractivity contribution in [3.8, 4) is 11.4 Å². The maximum Gasteiger partial charge on any atom is 0.573 e. The summed E-state index contributed by atoms with van der Waals surface area (Å²) in [5.74, 6) is -1.58. The van der Waals surface area contributed by atoms with Crippen LogP contribution in [-0.2, 0) is 16.0 Å². The first-order valence-corrected chi connectivity index (χ1v) is 12.5. The molecule has 0 bridgehead atoms. The second kappa shape index (κ2) is 11.5. The van der Waals surface area contributed by atoms with Crippen LogP contribution < -0.4 is 15.6 Å². The number of aryl methyl sites for hydroxylation is 1. The van der Waals surface area contributed by atoms with Gasteiger partial charge in [0.1, 0.15) is 10.8 Å². The minimum absolute atomic E-state index is 0.0417. The highest BCUT2D eigenvalue weighted by Gasteiger charge is 2.31. The highest BCUT2D eigenvalue weighted by atomic mass is 32.1. The van der Waals surface area contributed by atoms with Crippen molar-refractivity contribution in [1.29, 1.82) is 0 Å². The summed E-state index contributed by atoms with van der Waals surface area (Å²) in [6, 6.07) is 14.1. The van der Waals surface area contributed by atoms with E-state index in [1.165, 1.54) is 17.5 Å². The van der Waals surface area contributed by atoms with Crippen LogP contribution in [0.5, 0.6) is 5.75 Å². The molecule has 2 aromatic carbocycles. The van der Waals surface area contributed by atoms with Crippen molar-refractivity contribution in [2.24, 2.45) is 0 Å². The van der Waals surface area contributed by atoms with Gasteiger partial charge in [0.05, 0.1) is 17.7 Å². The molecular formula is C26H22F3N3O5S. The molecule has 0 aliphatic carbocycles. The molecule has 2 aromatic heterocycles. The lowest BCUT2D eigenvalue weighted by atomic mass is 10.1. The molecule has 0 fully saturated rings. The van der Waals surface area contributed by atoms with Crippen molar-refractivity contribution in [3.05, 3.63) is 81.6 Å². The van der Waals surface area contributed by atoms with Gasteiger partial charge < -0.3 is 14.8 Å². The van der Waals surface area contributed by atoms with Crippen molar-refractivity contribution in [2.45, 2.75) is 32.5 Å². The summed E-state index contributed by atoms with van der Waals surface area (Å²) in [5.41, 5.74) is 0.348. The summed E-state index contributed by atoms with van der Waals surface area (Å²) >= 11 is 1.06. The molecule has 198 valence electrons. The largest absolute Gasteiger partial charge is 0.573 e. The van der Waals surface area contributed by atoms with E-state index in [-0.39, 0.29) is 46.1 Å². The van der Waals surface area contributed by atoms with E-state index in [9.17, 15) is 27.6 Å². The maximum absolute atomic E-state index is 13.4. The smallest absolute Gasteiger partial charge is 0.461 e. The third-order valence-corrected chi connectivity index (χ3v) is 6.30. The molecule has 4 rings (SSSR count). The number of halogens is 3. The van der Waals surface area contributed by atoms with Crippen LogP contribution in [0.3, 0.4) is 0 Å². The number of ether oxygens (including phenoxy) is 2. The zero-order chi connectivity index (χ0) is 27.3. The van der Waals surface area contributed by atoms with E-state index in [1.807, 2.05) is 30.3 Å². The van der Waals surface area contributed by atoms with E-state index in [1.54, 1.807) is 6.92 Å². The number of rotatable bonds is 9. The zero-order valence-electron chi connectivity index (χ0n) is 20.1. The van der Waals surface area contributed by atoms with E-state index < -0.39 is 23.6 Å². The number of thiophene rings is 1. The summed E-state index contributed by atoms with van der Waals surface area (Å²) < 4.78 is 47.4. The predicted octanol–water partition coefficient (Wildman–Crippen LogP) is 5.48. The Morgan fingerprint density at radius 2 is 1.79 bits per heavy atom. The Hall–Kier alpha value is -4.19. The topological polar surface area (TPSA) is 99.5 Å². The van der Waals surface area contributed by atoms with Crippen molar-refractivity contribution in [2.75, 3.05) is 11.9 Å². The fourth-order valence-corrected chi connectivity index (χ4v) is 4.70. The van der Waals surface area contributed by atoms with Gasteiger partial charge in [-0.25, -0.2) is 4.79 Å². The monoisotopic (exact) mass is 545 g/mol. The molecule has 8 nitrogen and oxygen atoms in total. The average molecular weight is 546 g/mol. The number of carbonyl (C=O) groups excluding carboxylic acids is 2. The molecule has 38 heavy (non-hydrogen) atoms. The normalized spacial score (nSPS) is 11.4. The van der Waals surface area contributed by atoms with Crippen molar-refractivity contribution in [1.82, 2.24) is 9.78 Å². The SMILES string of the molecule is CCOC(=O)c1nn(-c2ccc(OC(F)(F)F)cc2)c(=O)c2c(NC(=O)CCCc3ccccc3)scc12. The number of fused-ring (bicyclic) bond motifs is 1. The van der Waals surface area contributed by atoms with Gasteiger partial charge in [0.2, 0.25) is 5.91 Å². The maximum atomic E-state index is 13.4. The fourth-order valence-electron chi connectivity index (χ4n) is 3.74. The van der Waals surface area contributed by atoms with Gasteiger partial charge in [-0.15, -0.1) is 24.5 Å². The molecule has 0 unspecified atom stereocenters. The summed E-state index contributed by atoms with van der Waals surface area (Å²) in [5, 5.41) is 8.87. The number of esters is 1. The summed E-state index contributed by atoms with van der Waals surface area (Å²) in [4.78, 5) is 38.7. The Labute approximate surface area is 218 Å². The number of alkyl halides is 3. The molecular weight excluding hydrogens is 523 g/mol. The summed E-state index contributed by atoms with van der Waals surface area (Å²) in [6.07, 6.45) is -3.38. The number of aromatic nitrogens is 2. The van der Waals surface area contributed by atoms with Gasteiger partial charge in [0.15, 0.2) is 5.69 Å². The second-order valence-corrected chi connectivity index (χ2v) is 8.95. The zero-order valence-corrected chi connectivity index (χ0v) is 20.9. The molecule has 0 radical (unpaired) electrons. The summed E-state index contributed by atoms with van der Waals surface area (Å²) in [7, 11) is 0. The standard InChI is InChI=1S/C26H22F3N3O5S/c1-2-36-25(35)22-19-15-38-23(30-20(33)10-6-9-16-7-4-3-5-8-16)21(19)24(34)32(31-22)17-11-13-18(14-12-17)37-26(27,28)29/h3-5,7-8,11-15H,2,6,9-10H2,1H3,(H,30,33). The number of amides is 1. The van der Waals surface area contributed by atoms with E-state index in [2.05, 4.69) is 15.2 Å². The Morgan fingerprint density at radius 3 is 2.45 bits per heavy atom. The third kappa shape index (κ3) is 6.38. The molecule has 0 aliphatic rings. The Morgan fingerprint density at radius 1 is 1.08 bits per heavy atom. The first-order valence-electron chi connectivity index (χ1n) is 11.6. The minimum Gasteiger partial charge on any atom is -0.461 e. The van der Waals surface area contributed by atoms with Gasteiger partial charge in [-0.05, 0) is 49.6 Å². The van der Waals surface area contributed by atoms with Crippen molar-refractivity contribution in [3.63, 3.8) is 0 Å². The van der Waals surface area contributed by atoms with E-state index in [0.29, 0.717) is 12.8 Å². The predicted molar refractivity (Wildman–Crippen MR) is 136 cm³/mol. The van der Waals surface area contributed by atoms with Crippen LogP contribution in [0.1, 0.15) is 35.8 Å². The lowest BCUT2D eigenvalue weighted by molar-refractivity contribution is -0.274. The molecule has 0 spiro atoms. The Kier molecular flexibility index (Phi) is 8.10. The quantitative estimate of drug-likeness (QED) is 0.280. The molecule has 0 saturated heterocycles. The number of hydrogen-bond acceptors (Lipinski definition) is 7. The molecule has 0 saturated carbocycles. The van der Waals surface area contributed by atoms with Crippen molar-refractivity contribution < 1.29 is 32.2 Å². The van der Waals surface area contributed by atoms with Crippen LogP contribution in [0.25, 0.3) is 16.5 Å². The molecule has 0 atom stereocenters. The first-order chi connectivity index (χ1) is 18.2. The third-order valence-electron chi connectivity index (χ3n) is 5.40. The van der Waals surface area contributed by atoms with Gasteiger partial charge in [-0.1, -0.05) is 30.3 Å². The van der Waals surface area contributed by atoms with Crippen LogP contribution >= 0.6 is 11.3 Å². The molecule has 4 aromatic rings. The second-order valence-electron chi connectivity index (χ2n) is 8.07. The lowest BCUT2D eigenvalue weighted by Crippen LogP contribution is -2.25. The average Bonchev–Trinajstić information content (AvgIpc) is 3.29. The number of nitrogens with zero attached hydrogens (tertiary/aromatic N) is 2. The number of anilines is 1. The van der Waals surface area contributed by atoms with Crippen LogP contribution in [0, 0.1) is 0 Å². The van der Waals surface area contributed by atoms with Crippen LogP contribution in [-0.4, -0.2) is 34.6 Å². The van der Waals surface area contributed by atoms with Crippen LogP contribution in [0.2, 0.25) is 0 Å². The van der Waals surface area contributed by atoms with Crippen molar-refractivity contribution >= 4 is 39.0 Å². The van der Waals surface area contributed by atoms with Gasteiger partial charge in [0.25, 0.3) is 5.56 Å². The first kappa shape index (κ1) is 26.9. The van der Waals surface area contributed by atoms with Gasteiger partial charge in [-0.2, -0.15) is 9.78 Å². The minimum atomic E-state index is -4.88. The highest BCUT2D eigenvalue weighted by molar-refractivity contribution is 7.16. The number of nitrogens with one attached hydrogen (secondary N) is 1. The number of benzene rings is 2. The Bertz CT molecular complexity index is 1500. The van der Waals surface area contributed by atoms with E-state index >= 15 is 0 Å². The number of carbonyl (C=O) groups is 2. The van der Waals surface area contributed by atoms with E-state index in [0.717, 1.165) is 33.7 Å². The number of hydrogen-bond donors (Lipinski definition) is 1. The molecule has 2 heterocycles. The van der Waals surface area contributed by atoms with Gasteiger partial charge >= 0.3 is 12.3 Å².